The summed E-state index contributed by atoms with van der Waals surface area (Å²) in [5, 5.41) is 6.13. The Morgan fingerprint density at radius 1 is 1.32 bits per heavy atom. The van der Waals surface area contributed by atoms with Gasteiger partial charge in [0.2, 0.25) is 5.91 Å². The van der Waals surface area contributed by atoms with Gasteiger partial charge in [0.05, 0.1) is 12.3 Å². The molecular weight excluding hydrogens is 240 g/mol. The highest BCUT2D eigenvalue weighted by atomic mass is 16.5. The van der Waals surface area contributed by atoms with E-state index < -0.39 is 0 Å². The molecule has 0 radical (unpaired) electrons. The molecule has 0 fully saturated rings. The lowest BCUT2D eigenvalue weighted by atomic mass is 10.1. The fraction of sp³-hybridized carbons (Fsp3) is 0.533. The average molecular weight is 264 g/mol. The summed E-state index contributed by atoms with van der Waals surface area (Å²) in [4.78, 5) is 12.0. The first-order valence-corrected chi connectivity index (χ1v) is 6.64. The quantitative estimate of drug-likeness (QED) is 0.859. The van der Waals surface area contributed by atoms with Crippen molar-refractivity contribution in [1.82, 2.24) is 5.32 Å². The topological polar surface area (TPSA) is 50.4 Å². The van der Waals surface area contributed by atoms with Gasteiger partial charge in [-0.25, -0.2) is 0 Å². The zero-order valence-corrected chi connectivity index (χ0v) is 12.4. The molecule has 0 aliphatic rings. The van der Waals surface area contributed by atoms with Gasteiger partial charge in [-0.15, -0.1) is 0 Å². The normalized spacial score (nSPS) is 12.7. The highest BCUT2D eigenvalue weighted by Crippen LogP contribution is 2.24. The van der Waals surface area contributed by atoms with E-state index in [1.807, 2.05) is 58.9 Å². The van der Waals surface area contributed by atoms with Crippen molar-refractivity contribution in [3.63, 3.8) is 0 Å². The largest absolute Gasteiger partial charge is 0.492 e. The van der Waals surface area contributed by atoms with Crippen LogP contribution in [0.15, 0.2) is 24.3 Å². The molecule has 0 saturated carbocycles. The molecule has 1 aromatic carbocycles. The molecule has 0 heterocycles. The number of carbonyl (C=O) groups excluding carboxylic acids is 1. The molecule has 1 unspecified atom stereocenters. The maximum absolute atomic E-state index is 12.0. The predicted molar refractivity (Wildman–Crippen MR) is 78.6 cm³/mol. The highest BCUT2D eigenvalue weighted by molar-refractivity contribution is 5.85. The van der Waals surface area contributed by atoms with E-state index in [0.29, 0.717) is 6.61 Å². The van der Waals surface area contributed by atoms with Crippen LogP contribution in [0.5, 0.6) is 5.75 Å². The third-order valence-electron chi connectivity index (χ3n) is 2.45. The molecule has 106 valence electrons. The summed E-state index contributed by atoms with van der Waals surface area (Å²) < 4.78 is 5.52. The molecule has 0 aliphatic heterocycles. The van der Waals surface area contributed by atoms with Crippen LogP contribution >= 0.6 is 0 Å². The Kier molecular flexibility index (Phi) is 5.21. The molecule has 19 heavy (non-hydrogen) atoms. The minimum absolute atomic E-state index is 0.0289. The third kappa shape index (κ3) is 5.20. The second-order valence-corrected chi connectivity index (χ2v) is 5.53. The third-order valence-corrected chi connectivity index (χ3v) is 2.45. The molecule has 0 aliphatic carbocycles. The van der Waals surface area contributed by atoms with Crippen molar-refractivity contribution in [3.8, 4) is 5.75 Å². The average Bonchev–Trinajstić information content (AvgIpc) is 2.29. The van der Waals surface area contributed by atoms with Crippen molar-refractivity contribution in [3.05, 3.63) is 24.3 Å². The molecule has 1 amide bonds. The molecule has 1 rings (SSSR count). The SMILES string of the molecule is CCOc1ccccc1NC(C)C(=O)NC(C)(C)C. The van der Waals surface area contributed by atoms with Crippen LogP contribution in [0.3, 0.4) is 0 Å². The summed E-state index contributed by atoms with van der Waals surface area (Å²) in [6.45, 7) is 10.3. The van der Waals surface area contributed by atoms with Crippen LogP contribution < -0.4 is 15.4 Å². The molecule has 0 aromatic heterocycles. The molecule has 0 spiro atoms. The predicted octanol–water partition coefficient (Wildman–Crippen LogP) is 2.80. The number of hydrogen-bond acceptors (Lipinski definition) is 3. The Morgan fingerprint density at radius 2 is 1.95 bits per heavy atom. The van der Waals surface area contributed by atoms with E-state index >= 15 is 0 Å². The molecular formula is C15H24N2O2. The van der Waals surface area contributed by atoms with E-state index in [1.54, 1.807) is 0 Å². The Bertz CT molecular complexity index is 424. The van der Waals surface area contributed by atoms with Gasteiger partial charge in [-0.1, -0.05) is 12.1 Å². The van der Waals surface area contributed by atoms with E-state index in [0.717, 1.165) is 11.4 Å². The van der Waals surface area contributed by atoms with Gasteiger partial charge in [-0.05, 0) is 46.8 Å². The van der Waals surface area contributed by atoms with E-state index in [1.165, 1.54) is 0 Å². The van der Waals surface area contributed by atoms with Crippen molar-refractivity contribution < 1.29 is 9.53 Å². The second-order valence-electron chi connectivity index (χ2n) is 5.53. The van der Waals surface area contributed by atoms with Gasteiger partial charge in [0.1, 0.15) is 11.8 Å². The monoisotopic (exact) mass is 264 g/mol. The van der Waals surface area contributed by atoms with Gasteiger partial charge < -0.3 is 15.4 Å². The Morgan fingerprint density at radius 3 is 2.53 bits per heavy atom. The standard InChI is InChI=1S/C15H24N2O2/c1-6-19-13-10-8-7-9-12(13)16-11(2)14(18)17-15(3,4)5/h7-11,16H,6H2,1-5H3,(H,17,18). The van der Waals surface area contributed by atoms with Gasteiger partial charge in [0.25, 0.3) is 0 Å². The van der Waals surface area contributed by atoms with Crippen LogP contribution in [0.4, 0.5) is 5.69 Å². The molecule has 1 atom stereocenters. The summed E-state index contributed by atoms with van der Waals surface area (Å²) in [6.07, 6.45) is 0. The molecule has 0 saturated heterocycles. The van der Waals surface area contributed by atoms with Gasteiger partial charge in [-0.3, -0.25) is 4.79 Å². The first-order valence-electron chi connectivity index (χ1n) is 6.64. The number of carbonyl (C=O) groups is 1. The fourth-order valence-corrected chi connectivity index (χ4v) is 1.64. The summed E-state index contributed by atoms with van der Waals surface area (Å²) in [6, 6.07) is 7.31. The van der Waals surface area contributed by atoms with Crippen LogP contribution in [0.25, 0.3) is 0 Å². The van der Waals surface area contributed by atoms with Gasteiger partial charge in [0, 0.05) is 5.54 Å². The summed E-state index contributed by atoms with van der Waals surface area (Å²) >= 11 is 0. The fourth-order valence-electron chi connectivity index (χ4n) is 1.64. The molecule has 0 bridgehead atoms. The number of amides is 1. The molecule has 4 nitrogen and oxygen atoms in total. The lowest BCUT2D eigenvalue weighted by Gasteiger charge is -2.24. The van der Waals surface area contributed by atoms with Gasteiger partial charge >= 0.3 is 0 Å². The first-order chi connectivity index (χ1) is 8.83. The zero-order valence-electron chi connectivity index (χ0n) is 12.4. The maximum Gasteiger partial charge on any atom is 0.242 e. The molecule has 1 aromatic rings. The lowest BCUT2D eigenvalue weighted by molar-refractivity contribution is -0.122. The van der Waals surface area contributed by atoms with E-state index in [9.17, 15) is 4.79 Å². The van der Waals surface area contributed by atoms with E-state index in [2.05, 4.69) is 10.6 Å². The maximum atomic E-state index is 12.0. The van der Waals surface area contributed by atoms with Gasteiger partial charge in [0.15, 0.2) is 0 Å². The van der Waals surface area contributed by atoms with Crippen LogP contribution in [0.1, 0.15) is 34.6 Å². The number of hydrogen-bond donors (Lipinski definition) is 2. The smallest absolute Gasteiger partial charge is 0.242 e. The number of nitrogens with one attached hydrogen (secondary N) is 2. The van der Waals surface area contributed by atoms with Crippen LogP contribution in [0, 0.1) is 0 Å². The first kappa shape index (κ1) is 15.3. The second kappa shape index (κ2) is 6.45. The number of rotatable bonds is 5. The van der Waals surface area contributed by atoms with Crippen LogP contribution in [-0.2, 0) is 4.79 Å². The molecule has 2 N–H and O–H groups in total. The lowest BCUT2D eigenvalue weighted by Crippen LogP contribution is -2.47. The van der Waals surface area contributed by atoms with Crippen LogP contribution in [0.2, 0.25) is 0 Å². The summed E-state index contributed by atoms with van der Waals surface area (Å²) in [7, 11) is 0. The van der Waals surface area contributed by atoms with Gasteiger partial charge in [-0.2, -0.15) is 0 Å². The number of benzene rings is 1. The highest BCUT2D eigenvalue weighted by Gasteiger charge is 2.19. The number of para-hydroxylation sites is 2. The zero-order chi connectivity index (χ0) is 14.5. The van der Waals surface area contributed by atoms with E-state index in [4.69, 9.17) is 4.74 Å². The van der Waals surface area contributed by atoms with Crippen molar-refractivity contribution in [2.75, 3.05) is 11.9 Å². The Balaban J connectivity index is 2.71. The summed E-state index contributed by atoms with van der Waals surface area (Å²) in [5.41, 5.74) is 0.604. The van der Waals surface area contributed by atoms with Crippen LogP contribution in [-0.4, -0.2) is 24.1 Å². The number of anilines is 1. The number of ether oxygens (including phenoxy) is 1. The van der Waals surface area contributed by atoms with Crippen molar-refractivity contribution in [2.45, 2.75) is 46.2 Å². The minimum Gasteiger partial charge on any atom is -0.492 e. The minimum atomic E-state index is -0.319. The summed E-state index contributed by atoms with van der Waals surface area (Å²) in [5.74, 6) is 0.735. The van der Waals surface area contributed by atoms with Crippen molar-refractivity contribution in [2.24, 2.45) is 0 Å². The van der Waals surface area contributed by atoms with Crippen molar-refractivity contribution >= 4 is 11.6 Å². The van der Waals surface area contributed by atoms with E-state index in [-0.39, 0.29) is 17.5 Å². The van der Waals surface area contributed by atoms with Crippen molar-refractivity contribution in [1.29, 1.82) is 0 Å². The Labute approximate surface area is 115 Å². The Hall–Kier alpha value is -1.71. The molecule has 4 heteroatoms.